The maximum Gasteiger partial charge on any atom is 0.218 e. The summed E-state index contributed by atoms with van der Waals surface area (Å²) in [4.78, 5) is 8.92. The number of hydroxylamine groups is 1. The van der Waals surface area contributed by atoms with Gasteiger partial charge in [0.2, 0.25) is 5.96 Å². The topological polar surface area (TPSA) is 59.6 Å². The van der Waals surface area contributed by atoms with Gasteiger partial charge in [-0.05, 0) is 19.1 Å². The zero-order chi connectivity index (χ0) is 9.52. The van der Waals surface area contributed by atoms with Crippen LogP contribution in [0.15, 0.2) is 35.3 Å². The highest BCUT2D eigenvalue weighted by Gasteiger charge is 1.90. The van der Waals surface area contributed by atoms with Crippen molar-refractivity contribution in [3.05, 3.63) is 30.3 Å². The first-order chi connectivity index (χ1) is 6.33. The molecule has 0 saturated heterocycles. The molecule has 1 rings (SSSR count). The second kappa shape index (κ2) is 5.16. The Morgan fingerprint density at radius 2 is 2.15 bits per heavy atom. The molecule has 1 aromatic rings. The highest BCUT2D eigenvalue weighted by molar-refractivity contribution is 5.79. The van der Waals surface area contributed by atoms with Crippen LogP contribution in [0.4, 0.5) is 5.69 Å². The summed E-state index contributed by atoms with van der Waals surface area (Å²) in [6.07, 6.45) is 0. The number of benzene rings is 1. The van der Waals surface area contributed by atoms with Gasteiger partial charge in [-0.2, -0.15) is 0 Å². The molecule has 0 radical (unpaired) electrons. The summed E-state index contributed by atoms with van der Waals surface area (Å²) < 4.78 is 0. The van der Waals surface area contributed by atoms with E-state index in [9.17, 15) is 0 Å². The first kappa shape index (κ1) is 9.54. The number of nitrogens with zero attached hydrogens (tertiary/aromatic N) is 1. The first-order valence-corrected chi connectivity index (χ1v) is 4.10. The molecule has 4 heteroatoms. The zero-order valence-corrected chi connectivity index (χ0v) is 7.53. The normalized spacial score (nSPS) is 11.3. The summed E-state index contributed by atoms with van der Waals surface area (Å²) >= 11 is 0. The number of guanidine groups is 1. The molecule has 0 aliphatic heterocycles. The van der Waals surface area contributed by atoms with Crippen LogP contribution in [0, 0.1) is 0 Å². The molecular weight excluding hydrogens is 166 g/mol. The van der Waals surface area contributed by atoms with Crippen LogP contribution in [0.25, 0.3) is 0 Å². The molecule has 13 heavy (non-hydrogen) atoms. The van der Waals surface area contributed by atoms with Gasteiger partial charge in [0.1, 0.15) is 0 Å². The number of rotatable bonds is 3. The van der Waals surface area contributed by atoms with Crippen molar-refractivity contribution in [2.75, 3.05) is 6.61 Å². The third-order valence-electron chi connectivity index (χ3n) is 1.33. The van der Waals surface area contributed by atoms with Gasteiger partial charge in [-0.1, -0.05) is 18.2 Å². The maximum atomic E-state index is 5.51. The van der Waals surface area contributed by atoms with Crippen LogP contribution in [0.5, 0.6) is 0 Å². The van der Waals surface area contributed by atoms with Crippen molar-refractivity contribution in [3.8, 4) is 0 Å². The predicted octanol–water partition coefficient (Wildman–Crippen LogP) is 1.17. The Morgan fingerprint density at radius 1 is 1.46 bits per heavy atom. The predicted molar refractivity (Wildman–Crippen MR) is 52.5 cm³/mol. The van der Waals surface area contributed by atoms with Crippen molar-refractivity contribution >= 4 is 11.6 Å². The van der Waals surface area contributed by atoms with Crippen molar-refractivity contribution < 1.29 is 4.84 Å². The van der Waals surface area contributed by atoms with E-state index in [0.717, 1.165) is 5.69 Å². The van der Waals surface area contributed by atoms with Crippen molar-refractivity contribution in [3.63, 3.8) is 0 Å². The van der Waals surface area contributed by atoms with Crippen molar-refractivity contribution in [1.82, 2.24) is 5.48 Å². The lowest BCUT2D eigenvalue weighted by Gasteiger charge is -2.02. The Bertz CT molecular complexity index is 271. The molecule has 0 aliphatic rings. The Balaban J connectivity index is 2.55. The van der Waals surface area contributed by atoms with E-state index >= 15 is 0 Å². The van der Waals surface area contributed by atoms with Crippen LogP contribution in [0.1, 0.15) is 6.92 Å². The van der Waals surface area contributed by atoms with Gasteiger partial charge in [-0.3, -0.25) is 4.84 Å². The van der Waals surface area contributed by atoms with Crippen LogP contribution in [0.3, 0.4) is 0 Å². The average Bonchev–Trinajstić information content (AvgIpc) is 2.16. The SMILES string of the molecule is CCONC(N)=Nc1ccccc1. The minimum absolute atomic E-state index is 0.257. The maximum absolute atomic E-state index is 5.51. The molecule has 0 heterocycles. The second-order valence-corrected chi connectivity index (χ2v) is 2.37. The highest BCUT2D eigenvalue weighted by Crippen LogP contribution is 2.08. The molecule has 0 aromatic heterocycles. The van der Waals surface area contributed by atoms with E-state index in [1.165, 1.54) is 0 Å². The first-order valence-electron chi connectivity index (χ1n) is 4.10. The number of nitrogens with one attached hydrogen (secondary N) is 1. The summed E-state index contributed by atoms with van der Waals surface area (Å²) in [5, 5.41) is 0. The van der Waals surface area contributed by atoms with Crippen molar-refractivity contribution in [2.45, 2.75) is 6.92 Å². The van der Waals surface area contributed by atoms with E-state index in [4.69, 9.17) is 10.6 Å². The minimum Gasteiger partial charge on any atom is -0.368 e. The van der Waals surface area contributed by atoms with Crippen LogP contribution in [-0.4, -0.2) is 12.6 Å². The largest absolute Gasteiger partial charge is 0.368 e. The van der Waals surface area contributed by atoms with Gasteiger partial charge in [0.15, 0.2) is 0 Å². The molecule has 0 fully saturated rings. The molecule has 0 bridgehead atoms. The lowest BCUT2D eigenvalue weighted by atomic mass is 10.3. The molecule has 1 aromatic carbocycles. The van der Waals surface area contributed by atoms with E-state index in [1.54, 1.807) is 0 Å². The van der Waals surface area contributed by atoms with Gasteiger partial charge in [-0.15, -0.1) is 0 Å². The van der Waals surface area contributed by atoms with Gasteiger partial charge in [0.05, 0.1) is 12.3 Å². The summed E-state index contributed by atoms with van der Waals surface area (Å²) in [5.74, 6) is 0.257. The Kier molecular flexibility index (Phi) is 3.78. The number of hydrogen-bond acceptors (Lipinski definition) is 2. The molecule has 0 atom stereocenters. The molecule has 0 aliphatic carbocycles. The van der Waals surface area contributed by atoms with E-state index < -0.39 is 0 Å². The smallest absolute Gasteiger partial charge is 0.218 e. The van der Waals surface area contributed by atoms with Crippen LogP contribution in [0.2, 0.25) is 0 Å². The number of nitrogens with two attached hydrogens (primary N) is 1. The quantitative estimate of drug-likeness (QED) is 0.416. The highest BCUT2D eigenvalue weighted by atomic mass is 16.6. The lowest BCUT2D eigenvalue weighted by molar-refractivity contribution is 0.0960. The fourth-order valence-corrected chi connectivity index (χ4v) is 0.811. The van der Waals surface area contributed by atoms with E-state index in [2.05, 4.69) is 10.5 Å². The van der Waals surface area contributed by atoms with Gasteiger partial charge in [0, 0.05) is 0 Å². The molecule has 0 saturated carbocycles. The van der Waals surface area contributed by atoms with E-state index in [0.29, 0.717) is 6.61 Å². The van der Waals surface area contributed by atoms with Crippen molar-refractivity contribution in [2.24, 2.45) is 10.7 Å². The Hall–Kier alpha value is -1.55. The number of para-hydroxylation sites is 1. The molecule has 0 amide bonds. The fourth-order valence-electron chi connectivity index (χ4n) is 0.811. The van der Waals surface area contributed by atoms with Crippen molar-refractivity contribution in [1.29, 1.82) is 0 Å². The average molecular weight is 179 g/mol. The van der Waals surface area contributed by atoms with Gasteiger partial charge < -0.3 is 5.73 Å². The van der Waals surface area contributed by atoms with Crippen LogP contribution < -0.4 is 11.2 Å². The summed E-state index contributed by atoms with van der Waals surface area (Å²) in [5.41, 5.74) is 8.81. The third kappa shape index (κ3) is 3.57. The van der Waals surface area contributed by atoms with E-state index in [-0.39, 0.29) is 5.96 Å². The monoisotopic (exact) mass is 179 g/mol. The Morgan fingerprint density at radius 3 is 2.77 bits per heavy atom. The molecule has 70 valence electrons. The fraction of sp³-hybridized carbons (Fsp3) is 0.222. The standard InChI is InChI=1S/C9H13N3O/c1-2-13-12-9(10)11-8-6-4-3-5-7-8/h3-7H,2H2,1H3,(H3,10,11,12). The molecular formula is C9H13N3O. The summed E-state index contributed by atoms with van der Waals surface area (Å²) in [7, 11) is 0. The van der Waals surface area contributed by atoms with Gasteiger partial charge in [0.25, 0.3) is 0 Å². The third-order valence-corrected chi connectivity index (χ3v) is 1.33. The molecule has 3 N–H and O–H groups in total. The van der Waals surface area contributed by atoms with E-state index in [1.807, 2.05) is 37.3 Å². The van der Waals surface area contributed by atoms with Crippen LogP contribution >= 0.6 is 0 Å². The van der Waals surface area contributed by atoms with Crippen LogP contribution in [-0.2, 0) is 4.84 Å². The molecule has 0 unspecified atom stereocenters. The van der Waals surface area contributed by atoms with Gasteiger partial charge in [-0.25, -0.2) is 10.5 Å². The summed E-state index contributed by atoms with van der Waals surface area (Å²) in [6, 6.07) is 9.44. The summed E-state index contributed by atoms with van der Waals surface area (Å²) in [6.45, 7) is 2.41. The minimum atomic E-state index is 0.257. The molecule has 4 nitrogen and oxygen atoms in total. The zero-order valence-electron chi connectivity index (χ0n) is 7.53. The number of aliphatic imine (C=N–C) groups is 1. The second-order valence-electron chi connectivity index (χ2n) is 2.37. The van der Waals surface area contributed by atoms with Gasteiger partial charge >= 0.3 is 0 Å². The Labute approximate surface area is 77.4 Å². The molecule has 0 spiro atoms. The number of hydrogen-bond donors (Lipinski definition) is 2. The lowest BCUT2D eigenvalue weighted by Crippen LogP contribution is -2.31.